The van der Waals surface area contributed by atoms with E-state index in [0.717, 1.165) is 19.3 Å². The van der Waals surface area contributed by atoms with Crippen LogP contribution < -0.4 is 5.32 Å². The predicted molar refractivity (Wildman–Crippen MR) is 85.3 cm³/mol. The van der Waals surface area contributed by atoms with Crippen molar-refractivity contribution in [2.45, 2.75) is 70.9 Å². The molecule has 1 aliphatic heterocycles. The summed E-state index contributed by atoms with van der Waals surface area (Å²) in [4.78, 5) is 15.0. The minimum atomic E-state index is -0.466. The van der Waals surface area contributed by atoms with Crippen LogP contribution in [0.1, 0.15) is 59.3 Å². The van der Waals surface area contributed by atoms with Crippen molar-refractivity contribution in [1.29, 1.82) is 0 Å². The Morgan fingerprint density at radius 1 is 1.29 bits per heavy atom. The molecule has 4 nitrogen and oxygen atoms in total. The molecule has 122 valence electrons. The Kier molecular flexibility index (Phi) is 5.31. The lowest BCUT2D eigenvalue weighted by Gasteiger charge is -2.46. The molecule has 0 amide bonds. The second-order valence-corrected chi connectivity index (χ2v) is 7.50. The maximum Gasteiger partial charge on any atom is 0.326 e. The second kappa shape index (κ2) is 6.66. The van der Waals surface area contributed by atoms with Crippen molar-refractivity contribution >= 4 is 5.97 Å². The van der Waals surface area contributed by atoms with Crippen molar-refractivity contribution < 1.29 is 9.53 Å². The maximum atomic E-state index is 12.4. The van der Waals surface area contributed by atoms with E-state index in [1.165, 1.54) is 32.4 Å². The first-order valence-corrected chi connectivity index (χ1v) is 8.53. The van der Waals surface area contributed by atoms with E-state index >= 15 is 0 Å². The molecular weight excluding hydrogens is 264 g/mol. The molecule has 2 atom stereocenters. The van der Waals surface area contributed by atoms with Gasteiger partial charge in [0.2, 0.25) is 0 Å². The van der Waals surface area contributed by atoms with Gasteiger partial charge in [0.25, 0.3) is 0 Å². The van der Waals surface area contributed by atoms with Gasteiger partial charge in [-0.25, -0.2) is 0 Å². The first-order valence-electron chi connectivity index (χ1n) is 8.53. The van der Waals surface area contributed by atoms with Crippen LogP contribution in [0.4, 0.5) is 0 Å². The van der Waals surface area contributed by atoms with Gasteiger partial charge in [-0.2, -0.15) is 0 Å². The number of ether oxygens (including phenoxy) is 1. The van der Waals surface area contributed by atoms with Crippen molar-refractivity contribution in [2.75, 3.05) is 26.7 Å². The van der Waals surface area contributed by atoms with Crippen molar-refractivity contribution in [3.8, 4) is 0 Å². The Bertz CT molecular complexity index is 360. The van der Waals surface area contributed by atoms with E-state index in [1.54, 1.807) is 0 Å². The smallest absolute Gasteiger partial charge is 0.326 e. The first kappa shape index (κ1) is 16.8. The first-order chi connectivity index (χ1) is 9.92. The molecule has 4 heteroatoms. The molecule has 2 aliphatic rings. The highest BCUT2D eigenvalue weighted by Gasteiger charge is 2.44. The molecule has 0 aromatic heterocycles. The molecule has 1 N–H and O–H groups in total. The number of hydrogen-bond acceptors (Lipinski definition) is 4. The van der Waals surface area contributed by atoms with Gasteiger partial charge in [0.05, 0.1) is 6.61 Å². The van der Waals surface area contributed by atoms with E-state index in [-0.39, 0.29) is 5.97 Å². The van der Waals surface area contributed by atoms with Gasteiger partial charge in [0.1, 0.15) is 5.54 Å². The Morgan fingerprint density at radius 3 is 2.52 bits per heavy atom. The van der Waals surface area contributed by atoms with Crippen LogP contribution in [0.5, 0.6) is 0 Å². The van der Waals surface area contributed by atoms with Crippen molar-refractivity contribution in [1.82, 2.24) is 10.2 Å². The third-order valence-electron chi connectivity index (χ3n) is 5.54. The molecule has 2 unspecified atom stereocenters. The summed E-state index contributed by atoms with van der Waals surface area (Å²) in [6, 6.07) is 0.520. The van der Waals surface area contributed by atoms with Gasteiger partial charge in [-0.1, -0.05) is 13.8 Å². The Balaban J connectivity index is 2.01. The summed E-state index contributed by atoms with van der Waals surface area (Å²) in [7, 11) is 1.90. The molecule has 21 heavy (non-hydrogen) atoms. The van der Waals surface area contributed by atoms with Crippen LogP contribution in [0.25, 0.3) is 0 Å². The number of likely N-dealkylation sites (tertiary alicyclic amines) is 1. The van der Waals surface area contributed by atoms with Crippen LogP contribution >= 0.6 is 0 Å². The van der Waals surface area contributed by atoms with Crippen LogP contribution in [0.3, 0.4) is 0 Å². The van der Waals surface area contributed by atoms with Crippen LogP contribution in [0, 0.1) is 5.41 Å². The zero-order valence-electron chi connectivity index (χ0n) is 14.2. The van der Waals surface area contributed by atoms with Gasteiger partial charge in [-0.05, 0) is 71.0 Å². The molecule has 1 saturated heterocycles. The number of carbonyl (C=O) groups excluding carboxylic acids is 1. The number of esters is 1. The lowest BCUT2D eigenvalue weighted by atomic mass is 9.76. The maximum absolute atomic E-state index is 12.4. The molecule has 2 fully saturated rings. The monoisotopic (exact) mass is 296 g/mol. The van der Waals surface area contributed by atoms with Crippen LogP contribution in [0.15, 0.2) is 0 Å². The summed E-state index contributed by atoms with van der Waals surface area (Å²) in [6.07, 6.45) is 6.62. The van der Waals surface area contributed by atoms with Crippen LogP contribution in [-0.4, -0.2) is 49.2 Å². The fourth-order valence-electron chi connectivity index (χ4n) is 3.84. The third-order valence-corrected chi connectivity index (χ3v) is 5.54. The van der Waals surface area contributed by atoms with Crippen molar-refractivity contribution in [3.63, 3.8) is 0 Å². The molecule has 1 aliphatic carbocycles. The molecular formula is C17H32N2O2. The van der Waals surface area contributed by atoms with Crippen molar-refractivity contribution in [2.24, 2.45) is 5.41 Å². The largest absolute Gasteiger partial charge is 0.465 e. The molecule has 0 aromatic rings. The summed E-state index contributed by atoms with van der Waals surface area (Å²) in [5.41, 5.74) is 0.0122. The summed E-state index contributed by atoms with van der Waals surface area (Å²) in [5.74, 6) is -0.0606. The van der Waals surface area contributed by atoms with E-state index in [2.05, 4.69) is 24.1 Å². The summed E-state index contributed by atoms with van der Waals surface area (Å²) >= 11 is 0. The summed E-state index contributed by atoms with van der Waals surface area (Å²) < 4.78 is 5.32. The van der Waals surface area contributed by atoms with E-state index in [9.17, 15) is 4.79 Å². The topological polar surface area (TPSA) is 41.6 Å². The van der Waals surface area contributed by atoms with Crippen LogP contribution in [-0.2, 0) is 9.53 Å². The second-order valence-electron chi connectivity index (χ2n) is 7.50. The molecule has 0 spiro atoms. The zero-order valence-corrected chi connectivity index (χ0v) is 14.2. The van der Waals surface area contributed by atoms with Gasteiger partial charge in [-0.15, -0.1) is 0 Å². The number of nitrogens with zero attached hydrogens (tertiary/aromatic N) is 1. The number of hydrogen-bond donors (Lipinski definition) is 1. The Labute approximate surface area is 129 Å². The molecule has 0 radical (unpaired) electrons. The van der Waals surface area contributed by atoms with Gasteiger partial charge < -0.3 is 15.0 Å². The quantitative estimate of drug-likeness (QED) is 0.810. The summed E-state index contributed by atoms with van der Waals surface area (Å²) in [6.45, 7) is 9.41. The fourth-order valence-corrected chi connectivity index (χ4v) is 3.84. The van der Waals surface area contributed by atoms with Gasteiger partial charge >= 0.3 is 5.97 Å². The standard InChI is InChI=1S/C17H32N2O2/c1-5-21-15(20)17(18-4)8-6-7-14(13-17)19-11-9-16(2,3)10-12-19/h14,18H,5-13H2,1-4H3. The van der Waals surface area contributed by atoms with Crippen LogP contribution in [0.2, 0.25) is 0 Å². The molecule has 2 rings (SSSR count). The Hall–Kier alpha value is -0.610. The average molecular weight is 296 g/mol. The highest BCUT2D eigenvalue weighted by Crippen LogP contribution is 2.36. The average Bonchev–Trinajstić information content (AvgIpc) is 2.47. The molecule has 0 bridgehead atoms. The third kappa shape index (κ3) is 3.78. The molecule has 0 aromatic carbocycles. The highest BCUT2D eigenvalue weighted by atomic mass is 16.5. The lowest BCUT2D eigenvalue weighted by molar-refractivity contribution is -0.153. The van der Waals surface area contributed by atoms with Crippen molar-refractivity contribution in [3.05, 3.63) is 0 Å². The fraction of sp³-hybridized carbons (Fsp3) is 0.941. The number of carbonyl (C=O) groups is 1. The van der Waals surface area contributed by atoms with Gasteiger partial charge in [0.15, 0.2) is 0 Å². The van der Waals surface area contributed by atoms with E-state index < -0.39 is 5.54 Å². The summed E-state index contributed by atoms with van der Waals surface area (Å²) in [5, 5.41) is 3.29. The number of likely N-dealkylation sites (N-methyl/N-ethyl adjacent to an activating group) is 1. The minimum absolute atomic E-state index is 0.0606. The highest BCUT2D eigenvalue weighted by molar-refractivity contribution is 5.81. The van der Waals surface area contributed by atoms with E-state index in [0.29, 0.717) is 18.1 Å². The Morgan fingerprint density at radius 2 is 1.95 bits per heavy atom. The molecule has 1 heterocycles. The molecule has 1 saturated carbocycles. The van der Waals surface area contributed by atoms with E-state index in [1.807, 2.05) is 14.0 Å². The minimum Gasteiger partial charge on any atom is -0.465 e. The van der Waals surface area contributed by atoms with E-state index in [4.69, 9.17) is 4.74 Å². The van der Waals surface area contributed by atoms with Gasteiger partial charge in [-0.3, -0.25) is 4.79 Å². The lowest BCUT2D eigenvalue weighted by Crippen LogP contribution is -2.58. The zero-order chi connectivity index (χ0) is 15.5. The predicted octanol–water partition coefficient (Wildman–Crippen LogP) is 2.57. The number of nitrogens with one attached hydrogen (secondary N) is 1. The SMILES string of the molecule is CCOC(=O)C1(NC)CCCC(N2CCC(C)(C)CC2)C1. The van der Waals surface area contributed by atoms with Gasteiger partial charge in [0, 0.05) is 6.04 Å². The normalized spacial score (nSPS) is 33.6. The number of rotatable bonds is 4. The number of piperidine rings is 1.